The fraction of sp³-hybridized carbons (Fsp3) is 0.583. The highest BCUT2D eigenvalue weighted by Gasteiger charge is 2.29. The summed E-state index contributed by atoms with van der Waals surface area (Å²) in [5.74, 6) is 0.324. The standard InChI is InChI=1S/C12H17NO2S/c1-12(2,3)15-11(14)10-8(13)6-9(16-10)7-4-5-7/h6-7H,4-5,13H2,1-3H3. The van der Waals surface area contributed by atoms with Crippen LogP contribution in [0.5, 0.6) is 0 Å². The minimum Gasteiger partial charge on any atom is -0.456 e. The number of hydrogen-bond acceptors (Lipinski definition) is 4. The quantitative estimate of drug-likeness (QED) is 0.806. The number of ether oxygens (including phenoxy) is 1. The molecule has 0 radical (unpaired) electrons. The summed E-state index contributed by atoms with van der Waals surface area (Å²) in [6.07, 6.45) is 2.43. The average molecular weight is 239 g/mol. The Morgan fingerprint density at radius 3 is 2.62 bits per heavy atom. The summed E-state index contributed by atoms with van der Waals surface area (Å²) in [7, 11) is 0. The maximum Gasteiger partial charge on any atom is 0.350 e. The van der Waals surface area contributed by atoms with Crippen molar-refractivity contribution in [2.75, 3.05) is 5.73 Å². The SMILES string of the molecule is CC(C)(C)OC(=O)c1sc(C2CC2)cc1N. The van der Waals surface area contributed by atoms with E-state index in [9.17, 15) is 4.79 Å². The molecule has 0 saturated heterocycles. The zero-order valence-electron chi connectivity index (χ0n) is 9.87. The third kappa shape index (κ3) is 2.55. The first-order chi connectivity index (χ1) is 7.37. The van der Waals surface area contributed by atoms with Gasteiger partial charge in [-0.1, -0.05) is 0 Å². The lowest BCUT2D eigenvalue weighted by Gasteiger charge is -2.18. The van der Waals surface area contributed by atoms with Gasteiger partial charge in [0.25, 0.3) is 0 Å². The van der Waals surface area contributed by atoms with Crippen LogP contribution in [0.3, 0.4) is 0 Å². The fourth-order valence-electron chi connectivity index (χ4n) is 1.48. The normalized spacial score (nSPS) is 16.2. The number of esters is 1. The van der Waals surface area contributed by atoms with Gasteiger partial charge in [0.1, 0.15) is 10.5 Å². The molecule has 1 saturated carbocycles. The summed E-state index contributed by atoms with van der Waals surface area (Å²) >= 11 is 1.48. The van der Waals surface area contributed by atoms with Crippen LogP contribution < -0.4 is 5.73 Å². The highest BCUT2D eigenvalue weighted by atomic mass is 32.1. The van der Waals surface area contributed by atoms with Crippen LogP contribution in [0.2, 0.25) is 0 Å². The first-order valence-corrected chi connectivity index (χ1v) is 6.31. The summed E-state index contributed by atoms with van der Waals surface area (Å²) in [5.41, 5.74) is 5.93. The number of thiophene rings is 1. The molecule has 1 aromatic heterocycles. The molecule has 0 aromatic carbocycles. The van der Waals surface area contributed by atoms with Crippen LogP contribution in [-0.4, -0.2) is 11.6 Å². The molecule has 0 bridgehead atoms. The van der Waals surface area contributed by atoms with Crippen LogP contribution in [-0.2, 0) is 4.74 Å². The molecule has 2 rings (SSSR count). The van der Waals surface area contributed by atoms with Gasteiger partial charge in [-0.05, 0) is 45.6 Å². The molecule has 1 heterocycles. The van der Waals surface area contributed by atoms with Crippen molar-refractivity contribution in [2.24, 2.45) is 0 Å². The van der Waals surface area contributed by atoms with Gasteiger partial charge in [0.05, 0.1) is 5.69 Å². The van der Waals surface area contributed by atoms with Gasteiger partial charge in [0.15, 0.2) is 0 Å². The summed E-state index contributed by atoms with van der Waals surface area (Å²) in [6, 6.07) is 1.92. The molecule has 1 aliphatic carbocycles. The lowest BCUT2D eigenvalue weighted by molar-refractivity contribution is 0.00764. The van der Waals surface area contributed by atoms with E-state index in [0.29, 0.717) is 16.5 Å². The van der Waals surface area contributed by atoms with Crippen molar-refractivity contribution in [1.82, 2.24) is 0 Å². The van der Waals surface area contributed by atoms with Crippen molar-refractivity contribution >= 4 is 23.0 Å². The molecule has 4 heteroatoms. The lowest BCUT2D eigenvalue weighted by Crippen LogP contribution is -2.23. The van der Waals surface area contributed by atoms with Crippen molar-refractivity contribution in [3.8, 4) is 0 Å². The van der Waals surface area contributed by atoms with E-state index in [1.807, 2.05) is 26.8 Å². The Morgan fingerprint density at radius 1 is 1.50 bits per heavy atom. The van der Waals surface area contributed by atoms with Gasteiger partial charge in [0.2, 0.25) is 0 Å². The van der Waals surface area contributed by atoms with Gasteiger partial charge in [0, 0.05) is 4.88 Å². The molecule has 3 nitrogen and oxygen atoms in total. The zero-order chi connectivity index (χ0) is 11.9. The topological polar surface area (TPSA) is 52.3 Å². The van der Waals surface area contributed by atoms with Crippen LogP contribution in [0.1, 0.15) is 54.1 Å². The molecule has 1 aromatic rings. The number of carbonyl (C=O) groups is 1. The molecule has 0 amide bonds. The van der Waals surface area contributed by atoms with Crippen LogP contribution in [0.15, 0.2) is 6.07 Å². The number of hydrogen-bond donors (Lipinski definition) is 1. The van der Waals surface area contributed by atoms with Crippen LogP contribution in [0.4, 0.5) is 5.69 Å². The third-order valence-electron chi connectivity index (χ3n) is 2.34. The second-order valence-electron chi connectivity index (χ2n) is 5.21. The Hall–Kier alpha value is -1.03. The molecule has 88 valence electrons. The van der Waals surface area contributed by atoms with Gasteiger partial charge < -0.3 is 10.5 Å². The lowest BCUT2D eigenvalue weighted by atomic mass is 10.2. The highest BCUT2D eigenvalue weighted by Crippen LogP contribution is 2.45. The molecule has 0 unspecified atom stereocenters. The molecule has 1 fully saturated rings. The van der Waals surface area contributed by atoms with Crippen LogP contribution in [0.25, 0.3) is 0 Å². The third-order valence-corrected chi connectivity index (χ3v) is 3.64. The van der Waals surface area contributed by atoms with Crippen molar-refractivity contribution in [3.05, 3.63) is 15.8 Å². The number of rotatable bonds is 2. The van der Waals surface area contributed by atoms with Crippen molar-refractivity contribution < 1.29 is 9.53 Å². The Bertz CT molecular complexity index is 413. The highest BCUT2D eigenvalue weighted by molar-refractivity contribution is 7.14. The molecule has 0 atom stereocenters. The largest absolute Gasteiger partial charge is 0.456 e. The van der Waals surface area contributed by atoms with Crippen LogP contribution >= 0.6 is 11.3 Å². The summed E-state index contributed by atoms with van der Waals surface area (Å²) in [6.45, 7) is 5.57. The summed E-state index contributed by atoms with van der Waals surface area (Å²) in [5, 5.41) is 0. The first kappa shape index (κ1) is 11.5. The second kappa shape index (κ2) is 3.77. The molecule has 0 spiro atoms. The predicted molar refractivity (Wildman–Crippen MR) is 65.9 cm³/mol. The maximum absolute atomic E-state index is 11.8. The first-order valence-electron chi connectivity index (χ1n) is 5.49. The van der Waals surface area contributed by atoms with Gasteiger partial charge in [-0.3, -0.25) is 0 Å². The van der Waals surface area contributed by atoms with Crippen molar-refractivity contribution in [1.29, 1.82) is 0 Å². The summed E-state index contributed by atoms with van der Waals surface area (Å²) in [4.78, 5) is 13.6. The Morgan fingerprint density at radius 2 is 2.12 bits per heavy atom. The van der Waals surface area contributed by atoms with Gasteiger partial charge in [-0.2, -0.15) is 0 Å². The minimum absolute atomic E-state index is 0.304. The van der Waals surface area contributed by atoms with Crippen molar-refractivity contribution in [3.63, 3.8) is 0 Å². The van der Waals surface area contributed by atoms with E-state index in [0.717, 1.165) is 0 Å². The minimum atomic E-state index is -0.465. The number of anilines is 1. The molecular formula is C12H17NO2S. The van der Waals surface area contributed by atoms with Gasteiger partial charge >= 0.3 is 5.97 Å². The van der Waals surface area contributed by atoms with E-state index in [2.05, 4.69) is 0 Å². The Labute approximate surface area is 99.6 Å². The second-order valence-corrected chi connectivity index (χ2v) is 6.29. The number of nitrogen functional groups attached to an aromatic ring is 1. The van der Waals surface area contributed by atoms with E-state index in [4.69, 9.17) is 10.5 Å². The predicted octanol–water partition coefficient (Wildman–Crippen LogP) is 3.16. The number of nitrogens with two attached hydrogens (primary N) is 1. The fourth-order valence-corrected chi connectivity index (χ4v) is 2.60. The van der Waals surface area contributed by atoms with Crippen LogP contribution in [0, 0.1) is 0 Å². The van der Waals surface area contributed by atoms with E-state index >= 15 is 0 Å². The summed E-state index contributed by atoms with van der Waals surface area (Å²) < 4.78 is 5.31. The Balaban J connectivity index is 2.16. The monoisotopic (exact) mass is 239 g/mol. The molecule has 16 heavy (non-hydrogen) atoms. The van der Waals surface area contributed by atoms with Gasteiger partial charge in [-0.25, -0.2) is 4.79 Å². The maximum atomic E-state index is 11.8. The average Bonchev–Trinajstić information content (AvgIpc) is 2.87. The number of carbonyl (C=O) groups excluding carboxylic acids is 1. The van der Waals surface area contributed by atoms with E-state index in [1.54, 1.807) is 0 Å². The van der Waals surface area contributed by atoms with E-state index in [1.165, 1.54) is 29.1 Å². The van der Waals surface area contributed by atoms with Gasteiger partial charge in [-0.15, -0.1) is 11.3 Å². The van der Waals surface area contributed by atoms with Crippen molar-refractivity contribution in [2.45, 2.75) is 45.1 Å². The molecule has 2 N–H and O–H groups in total. The van der Waals surface area contributed by atoms with E-state index in [-0.39, 0.29) is 5.97 Å². The smallest absolute Gasteiger partial charge is 0.350 e. The zero-order valence-corrected chi connectivity index (χ0v) is 10.7. The molecule has 0 aliphatic heterocycles. The van der Waals surface area contributed by atoms with E-state index < -0.39 is 5.60 Å². The Kier molecular flexibility index (Phi) is 2.70. The molecular weight excluding hydrogens is 222 g/mol. The molecule has 1 aliphatic rings.